The maximum absolute atomic E-state index is 16.5. The third kappa shape index (κ3) is 5.38. The number of aromatic nitrogens is 2. The zero-order valence-corrected chi connectivity index (χ0v) is 24.7. The monoisotopic (exact) mass is 616 g/mol. The van der Waals surface area contributed by atoms with Gasteiger partial charge >= 0.3 is 0 Å². The van der Waals surface area contributed by atoms with Crippen LogP contribution in [0.1, 0.15) is 59.6 Å². The van der Waals surface area contributed by atoms with Crippen LogP contribution >= 0.6 is 23.2 Å². The molecule has 2 aromatic carbocycles. The van der Waals surface area contributed by atoms with E-state index in [2.05, 4.69) is 9.97 Å². The van der Waals surface area contributed by atoms with Gasteiger partial charge in [-0.1, -0.05) is 35.3 Å². The number of amides is 2. The first kappa shape index (κ1) is 30.3. The number of fused-ring (bicyclic) bond motifs is 1. The molecule has 3 aromatic rings. The molecule has 222 valence electrons. The molecule has 2 aliphatic rings. The van der Waals surface area contributed by atoms with Crippen molar-refractivity contribution in [1.29, 1.82) is 0 Å². The summed E-state index contributed by atoms with van der Waals surface area (Å²) in [5, 5.41) is 22.2. The van der Waals surface area contributed by atoms with Gasteiger partial charge in [0, 0.05) is 43.0 Å². The Morgan fingerprint density at radius 3 is 2.38 bits per heavy atom. The van der Waals surface area contributed by atoms with E-state index in [1.807, 2.05) is 0 Å². The zero-order valence-electron chi connectivity index (χ0n) is 23.2. The van der Waals surface area contributed by atoms with Gasteiger partial charge in [0.25, 0.3) is 5.91 Å². The van der Waals surface area contributed by atoms with Gasteiger partial charge in [0.05, 0.1) is 41.5 Å². The smallest absolute Gasteiger partial charge is 0.257 e. The quantitative estimate of drug-likeness (QED) is 0.388. The minimum atomic E-state index is -1.80. The second-order valence-electron chi connectivity index (χ2n) is 10.7. The van der Waals surface area contributed by atoms with E-state index >= 15 is 4.39 Å². The van der Waals surface area contributed by atoms with Gasteiger partial charge < -0.3 is 19.8 Å². The van der Waals surface area contributed by atoms with Gasteiger partial charge in [-0.05, 0) is 55.5 Å². The highest BCUT2D eigenvalue weighted by Gasteiger charge is 2.55. The molecule has 2 atom stereocenters. The van der Waals surface area contributed by atoms with Crippen molar-refractivity contribution in [2.75, 3.05) is 26.3 Å². The summed E-state index contributed by atoms with van der Waals surface area (Å²) in [6.45, 7) is 3.28. The number of hydrogen-bond acceptors (Lipinski definition) is 7. The molecule has 2 N–H and O–H groups in total. The molecule has 42 heavy (non-hydrogen) atoms. The van der Waals surface area contributed by atoms with Crippen LogP contribution in [-0.4, -0.2) is 68.1 Å². The van der Waals surface area contributed by atoms with Crippen LogP contribution in [0.5, 0.6) is 0 Å². The molecule has 3 heterocycles. The Hall–Kier alpha value is -3.15. The Bertz CT molecular complexity index is 1480. The van der Waals surface area contributed by atoms with Crippen molar-refractivity contribution in [2.45, 2.75) is 44.6 Å². The van der Waals surface area contributed by atoms with Crippen molar-refractivity contribution in [3.05, 3.63) is 92.7 Å². The lowest BCUT2D eigenvalue weighted by atomic mass is 9.76. The van der Waals surface area contributed by atoms with Gasteiger partial charge in [0.15, 0.2) is 5.72 Å². The summed E-state index contributed by atoms with van der Waals surface area (Å²) in [6.07, 6.45) is 3.83. The summed E-state index contributed by atoms with van der Waals surface area (Å²) in [5.74, 6) is -1.40. The highest BCUT2D eigenvalue weighted by atomic mass is 35.5. The average Bonchev–Trinajstić information content (AvgIpc) is 3.21. The number of rotatable bonds is 8. The molecule has 0 aliphatic carbocycles. The van der Waals surface area contributed by atoms with Gasteiger partial charge in [-0.15, -0.1) is 0 Å². The maximum atomic E-state index is 16.5. The van der Waals surface area contributed by atoms with Crippen LogP contribution in [0.4, 0.5) is 4.39 Å². The second kappa shape index (κ2) is 11.9. The van der Waals surface area contributed by atoms with E-state index in [0.29, 0.717) is 41.5 Å². The molecule has 0 radical (unpaired) electrons. The van der Waals surface area contributed by atoms with Crippen molar-refractivity contribution < 1.29 is 28.9 Å². The molecule has 0 spiro atoms. The molecule has 0 bridgehead atoms. The fourth-order valence-corrected chi connectivity index (χ4v) is 6.20. The molecule has 1 unspecified atom stereocenters. The van der Waals surface area contributed by atoms with Crippen LogP contribution in [0.25, 0.3) is 0 Å². The number of halogens is 3. The molecule has 12 heteroatoms. The first-order valence-electron chi connectivity index (χ1n) is 13.6. The Kier molecular flexibility index (Phi) is 8.55. The number of ether oxygens (including phenoxy) is 1. The Balaban J connectivity index is 1.64. The minimum absolute atomic E-state index is 0.00769. The number of aliphatic hydroxyl groups is 2. The highest BCUT2D eigenvalue weighted by molar-refractivity contribution is 6.30. The van der Waals surface area contributed by atoms with E-state index in [-0.39, 0.29) is 47.5 Å². The summed E-state index contributed by atoms with van der Waals surface area (Å²) < 4.78 is 22.7. The molecule has 0 saturated carbocycles. The van der Waals surface area contributed by atoms with Gasteiger partial charge in [0.1, 0.15) is 11.6 Å². The van der Waals surface area contributed by atoms with Gasteiger partial charge in [-0.25, -0.2) is 14.4 Å². The maximum Gasteiger partial charge on any atom is 0.257 e. The zero-order chi connectivity index (χ0) is 30.2. The predicted octanol–water partition coefficient (Wildman–Crippen LogP) is 4.25. The number of hydrogen-bond donors (Lipinski definition) is 2. The third-order valence-corrected chi connectivity index (χ3v) is 8.66. The fraction of sp³-hybridized carbons (Fsp3) is 0.400. The molecule has 9 nitrogen and oxygen atoms in total. The molecular formula is C30H31Cl2FN4O5. The Morgan fingerprint density at radius 2 is 1.79 bits per heavy atom. The van der Waals surface area contributed by atoms with Crippen molar-refractivity contribution in [3.63, 3.8) is 0 Å². The second-order valence-corrected chi connectivity index (χ2v) is 11.6. The van der Waals surface area contributed by atoms with Crippen LogP contribution in [0.3, 0.4) is 0 Å². The van der Waals surface area contributed by atoms with Crippen LogP contribution in [0, 0.1) is 11.7 Å². The van der Waals surface area contributed by atoms with E-state index in [4.69, 9.17) is 27.9 Å². The first-order chi connectivity index (χ1) is 20.0. The number of carbonyl (C=O) groups is 2. The summed E-state index contributed by atoms with van der Waals surface area (Å²) >= 11 is 12.1. The van der Waals surface area contributed by atoms with Crippen molar-refractivity contribution >= 4 is 35.0 Å². The molecule has 5 rings (SSSR count). The number of piperidine rings is 1. The first-order valence-corrected chi connectivity index (χ1v) is 14.4. The normalized spacial score (nSPS) is 20.5. The summed E-state index contributed by atoms with van der Waals surface area (Å²) in [7, 11) is 0. The number of carbonyl (C=O) groups excluding carboxylic acids is 2. The van der Waals surface area contributed by atoms with Crippen LogP contribution in [0.2, 0.25) is 10.0 Å². The van der Waals surface area contributed by atoms with Crippen LogP contribution in [0.15, 0.2) is 48.8 Å². The van der Waals surface area contributed by atoms with E-state index in [9.17, 15) is 19.8 Å². The number of nitrogens with zero attached hydrogens (tertiary/aromatic N) is 4. The van der Waals surface area contributed by atoms with Crippen LogP contribution in [-0.2, 0) is 27.4 Å². The van der Waals surface area contributed by atoms with Crippen molar-refractivity contribution in [3.8, 4) is 0 Å². The molecule has 1 fully saturated rings. The molecule has 2 aliphatic heterocycles. The van der Waals surface area contributed by atoms with Crippen molar-refractivity contribution in [1.82, 2.24) is 19.8 Å². The third-order valence-electron chi connectivity index (χ3n) is 8.22. The summed E-state index contributed by atoms with van der Waals surface area (Å²) in [5.41, 5.74) is -2.69. The number of benzene rings is 2. The predicted molar refractivity (Wildman–Crippen MR) is 153 cm³/mol. The number of likely N-dealkylation sites (tertiary alicyclic amines) is 1. The van der Waals surface area contributed by atoms with E-state index in [0.717, 1.165) is 0 Å². The molecule has 2 amide bonds. The van der Waals surface area contributed by atoms with E-state index < -0.39 is 29.7 Å². The van der Waals surface area contributed by atoms with E-state index in [1.54, 1.807) is 36.1 Å². The Labute approximate surface area is 252 Å². The lowest BCUT2D eigenvalue weighted by Gasteiger charge is -2.40. The average molecular weight is 618 g/mol. The Morgan fingerprint density at radius 1 is 1.14 bits per heavy atom. The lowest BCUT2D eigenvalue weighted by molar-refractivity contribution is -0.132. The van der Waals surface area contributed by atoms with E-state index in [1.165, 1.54) is 36.4 Å². The lowest BCUT2D eigenvalue weighted by Crippen LogP contribution is -2.47. The van der Waals surface area contributed by atoms with Crippen molar-refractivity contribution in [2.24, 2.45) is 5.92 Å². The molecular weight excluding hydrogens is 586 g/mol. The SMILES string of the molecule is CC(=O)N1CCC(C(C)(O)c2cc(F)c3c(c2)C(=O)N(Cc2ncc(Cl)cn2)[C@@]3(OCCO)c2ccc(Cl)cc2)CC1. The van der Waals surface area contributed by atoms with Crippen LogP contribution < -0.4 is 0 Å². The minimum Gasteiger partial charge on any atom is -0.394 e. The summed E-state index contributed by atoms with van der Waals surface area (Å²) in [4.78, 5) is 37.5. The fourth-order valence-electron chi connectivity index (χ4n) is 5.98. The van der Waals surface area contributed by atoms with Gasteiger partial charge in [0.2, 0.25) is 5.91 Å². The topological polar surface area (TPSA) is 116 Å². The summed E-state index contributed by atoms with van der Waals surface area (Å²) in [6, 6.07) is 9.20. The number of aliphatic hydroxyl groups excluding tert-OH is 1. The standard InChI is InChI=1S/C30H31Cl2FN4O5/c1-18(39)36-9-7-19(8-10-36)29(2,41)21-13-24-27(25(33)14-21)30(42-12-11-38,20-3-5-22(31)6-4-20)37(28(24)40)17-26-34-15-23(32)16-35-26/h3-6,13-16,19,38,41H,7-12,17H2,1-2H3/t29?,30-/m1/s1. The van der Waals surface area contributed by atoms with Gasteiger partial charge in [-0.3, -0.25) is 14.5 Å². The largest absolute Gasteiger partial charge is 0.394 e. The molecule has 1 aromatic heterocycles. The van der Waals surface area contributed by atoms with Gasteiger partial charge in [-0.2, -0.15) is 0 Å². The highest BCUT2D eigenvalue weighted by Crippen LogP contribution is 2.49. The molecule has 1 saturated heterocycles.